The van der Waals surface area contributed by atoms with Crippen LogP contribution in [-0.4, -0.2) is 33.1 Å². The molecule has 0 spiro atoms. The number of hydrogen-bond donors (Lipinski definition) is 0. The van der Waals surface area contributed by atoms with E-state index in [0.29, 0.717) is 39.9 Å². The number of hydrogen-bond acceptors (Lipinski definition) is 8. The molecule has 32 heavy (non-hydrogen) atoms. The van der Waals surface area contributed by atoms with Gasteiger partial charge in [-0.15, -0.1) is 0 Å². The van der Waals surface area contributed by atoms with Crippen LogP contribution in [0.2, 0.25) is 0 Å². The molecule has 0 atom stereocenters. The maximum atomic E-state index is 12.8. The van der Waals surface area contributed by atoms with Crippen molar-refractivity contribution in [3.63, 3.8) is 0 Å². The van der Waals surface area contributed by atoms with Crippen molar-refractivity contribution < 1.29 is 37.7 Å². The molecule has 0 aliphatic carbocycles. The number of rotatable bonds is 6. The minimum Gasteiger partial charge on any atom is -0.493 e. The number of methoxy groups -OCH3 is 3. The number of esters is 1. The fourth-order valence-corrected chi connectivity index (χ4v) is 3.40. The normalized spacial score (nSPS) is 13.5. The van der Waals surface area contributed by atoms with Gasteiger partial charge in [0, 0.05) is 12.1 Å². The SMILES string of the molecule is COc1cc(C(=O)Oc2cc(C)c3c(c2)O/C(=C\c2ccco2)C3=O)cc(OC)c1OC. The van der Waals surface area contributed by atoms with E-state index in [-0.39, 0.29) is 22.9 Å². The second kappa shape index (κ2) is 8.50. The molecule has 4 rings (SSSR count). The molecule has 0 saturated heterocycles. The van der Waals surface area contributed by atoms with Crippen molar-refractivity contribution in [2.24, 2.45) is 0 Å². The topological polar surface area (TPSA) is 93.4 Å². The molecule has 0 bridgehead atoms. The van der Waals surface area contributed by atoms with Gasteiger partial charge in [0.05, 0.1) is 38.7 Å². The van der Waals surface area contributed by atoms with Gasteiger partial charge in [0.2, 0.25) is 11.5 Å². The largest absolute Gasteiger partial charge is 0.493 e. The molecule has 0 unspecified atom stereocenters. The molecule has 1 aliphatic heterocycles. The number of allylic oxidation sites excluding steroid dienone is 1. The standard InChI is InChI=1S/C24H20O8/c1-13-8-16(12-17-21(13)22(25)18(32-17)11-15-6-5-7-30-15)31-24(26)14-9-19(27-2)23(29-4)20(10-14)28-3/h5-12H,1-4H3/b18-11-. The van der Waals surface area contributed by atoms with Crippen LogP contribution in [0.3, 0.4) is 0 Å². The average molecular weight is 436 g/mol. The van der Waals surface area contributed by atoms with Crippen LogP contribution in [0, 0.1) is 6.92 Å². The van der Waals surface area contributed by atoms with Crippen molar-refractivity contribution in [1.82, 2.24) is 0 Å². The Morgan fingerprint density at radius 3 is 2.31 bits per heavy atom. The minimum atomic E-state index is -0.640. The summed E-state index contributed by atoms with van der Waals surface area (Å²) in [5, 5.41) is 0. The fourth-order valence-electron chi connectivity index (χ4n) is 3.40. The first-order chi connectivity index (χ1) is 15.4. The Bertz CT molecular complexity index is 1200. The number of benzene rings is 2. The highest BCUT2D eigenvalue weighted by atomic mass is 16.5. The Hall–Kier alpha value is -4.20. The second-order valence-corrected chi connectivity index (χ2v) is 6.87. The van der Waals surface area contributed by atoms with Gasteiger partial charge in [0.25, 0.3) is 0 Å². The van der Waals surface area contributed by atoms with Crippen molar-refractivity contribution in [1.29, 1.82) is 0 Å². The van der Waals surface area contributed by atoms with E-state index in [1.165, 1.54) is 51.9 Å². The van der Waals surface area contributed by atoms with Gasteiger partial charge in [-0.3, -0.25) is 4.79 Å². The van der Waals surface area contributed by atoms with Gasteiger partial charge >= 0.3 is 5.97 Å². The van der Waals surface area contributed by atoms with Crippen molar-refractivity contribution >= 4 is 17.8 Å². The Morgan fingerprint density at radius 1 is 1.00 bits per heavy atom. The quantitative estimate of drug-likeness (QED) is 0.318. The maximum Gasteiger partial charge on any atom is 0.343 e. The van der Waals surface area contributed by atoms with Gasteiger partial charge in [0.15, 0.2) is 17.3 Å². The van der Waals surface area contributed by atoms with Gasteiger partial charge in [-0.2, -0.15) is 0 Å². The lowest BCUT2D eigenvalue weighted by Crippen LogP contribution is -2.10. The summed E-state index contributed by atoms with van der Waals surface area (Å²) in [7, 11) is 4.39. The third-order valence-corrected chi connectivity index (χ3v) is 4.87. The van der Waals surface area contributed by atoms with Gasteiger partial charge in [0.1, 0.15) is 17.3 Å². The Kier molecular flexibility index (Phi) is 5.59. The van der Waals surface area contributed by atoms with E-state index in [9.17, 15) is 9.59 Å². The van der Waals surface area contributed by atoms with E-state index >= 15 is 0 Å². The maximum absolute atomic E-state index is 12.8. The van der Waals surface area contributed by atoms with Crippen molar-refractivity contribution in [2.45, 2.75) is 6.92 Å². The molecular weight excluding hydrogens is 416 g/mol. The van der Waals surface area contributed by atoms with E-state index in [2.05, 4.69) is 0 Å². The molecule has 2 heterocycles. The highest BCUT2D eigenvalue weighted by molar-refractivity contribution is 6.15. The highest BCUT2D eigenvalue weighted by Gasteiger charge is 2.31. The molecule has 0 saturated carbocycles. The molecular formula is C24H20O8. The molecule has 0 N–H and O–H groups in total. The number of Topliss-reactive ketones (excluding diaryl/α,β-unsaturated/α-hetero) is 1. The van der Waals surface area contributed by atoms with Gasteiger partial charge in [-0.05, 0) is 42.8 Å². The smallest absolute Gasteiger partial charge is 0.343 e. The summed E-state index contributed by atoms with van der Waals surface area (Å²) in [6, 6.07) is 9.52. The number of ether oxygens (including phenoxy) is 5. The second-order valence-electron chi connectivity index (χ2n) is 6.87. The Labute approximate surface area is 183 Å². The van der Waals surface area contributed by atoms with Crippen molar-refractivity contribution in [3.05, 3.63) is 70.9 Å². The fraction of sp³-hybridized carbons (Fsp3) is 0.167. The first-order valence-corrected chi connectivity index (χ1v) is 9.59. The summed E-state index contributed by atoms with van der Waals surface area (Å²) in [5.74, 6) is 1.26. The van der Waals surface area contributed by atoms with Crippen LogP contribution in [0.1, 0.15) is 32.0 Å². The van der Waals surface area contributed by atoms with Gasteiger partial charge in [-0.1, -0.05) is 0 Å². The number of aryl methyl sites for hydroxylation is 1. The van der Waals surface area contributed by atoms with E-state index < -0.39 is 5.97 Å². The monoisotopic (exact) mass is 436 g/mol. The van der Waals surface area contributed by atoms with E-state index in [0.717, 1.165) is 0 Å². The molecule has 3 aromatic rings. The van der Waals surface area contributed by atoms with Crippen LogP contribution < -0.4 is 23.7 Å². The summed E-state index contributed by atoms with van der Waals surface area (Å²) in [5.41, 5.74) is 1.23. The first kappa shape index (κ1) is 21.0. The molecule has 1 aromatic heterocycles. The summed E-state index contributed by atoms with van der Waals surface area (Å²) in [4.78, 5) is 25.5. The number of carbonyl (C=O) groups is 2. The van der Waals surface area contributed by atoms with E-state index in [4.69, 9.17) is 28.1 Å². The third-order valence-electron chi connectivity index (χ3n) is 4.87. The van der Waals surface area contributed by atoms with Gasteiger partial charge < -0.3 is 28.1 Å². The highest BCUT2D eigenvalue weighted by Crippen LogP contribution is 2.40. The number of fused-ring (bicyclic) bond motifs is 1. The third kappa shape index (κ3) is 3.78. The van der Waals surface area contributed by atoms with Crippen LogP contribution in [0.5, 0.6) is 28.7 Å². The molecule has 1 aliphatic rings. The molecule has 0 amide bonds. The van der Waals surface area contributed by atoms with Crippen LogP contribution in [-0.2, 0) is 0 Å². The predicted molar refractivity (Wildman–Crippen MR) is 114 cm³/mol. The van der Waals surface area contributed by atoms with E-state index in [1.807, 2.05) is 0 Å². The molecule has 8 nitrogen and oxygen atoms in total. The van der Waals surface area contributed by atoms with Crippen LogP contribution in [0.25, 0.3) is 6.08 Å². The summed E-state index contributed by atoms with van der Waals surface area (Å²) in [6.45, 7) is 1.74. The lowest BCUT2D eigenvalue weighted by Gasteiger charge is -2.14. The van der Waals surface area contributed by atoms with Crippen LogP contribution >= 0.6 is 0 Å². The lowest BCUT2D eigenvalue weighted by atomic mass is 10.0. The Morgan fingerprint density at radius 2 is 1.72 bits per heavy atom. The molecule has 2 aromatic carbocycles. The molecule has 0 fully saturated rings. The van der Waals surface area contributed by atoms with Crippen molar-refractivity contribution in [3.8, 4) is 28.7 Å². The summed E-state index contributed by atoms with van der Waals surface area (Å²) in [6.07, 6.45) is 3.02. The molecule has 0 radical (unpaired) electrons. The van der Waals surface area contributed by atoms with Gasteiger partial charge in [-0.25, -0.2) is 4.79 Å². The predicted octanol–water partition coefficient (Wildman–Crippen LogP) is 4.45. The Balaban J connectivity index is 1.62. The van der Waals surface area contributed by atoms with E-state index in [1.54, 1.807) is 25.1 Å². The average Bonchev–Trinajstić information content (AvgIpc) is 3.40. The summed E-state index contributed by atoms with van der Waals surface area (Å²) < 4.78 is 32.3. The van der Waals surface area contributed by atoms with Crippen molar-refractivity contribution in [2.75, 3.05) is 21.3 Å². The zero-order valence-electron chi connectivity index (χ0n) is 17.9. The number of furan rings is 1. The van der Waals surface area contributed by atoms with Crippen LogP contribution in [0.15, 0.2) is 52.8 Å². The zero-order chi connectivity index (χ0) is 22.8. The first-order valence-electron chi connectivity index (χ1n) is 9.59. The lowest BCUT2D eigenvalue weighted by molar-refractivity contribution is 0.0733. The summed E-state index contributed by atoms with van der Waals surface area (Å²) >= 11 is 0. The minimum absolute atomic E-state index is 0.131. The van der Waals surface area contributed by atoms with Crippen LogP contribution in [0.4, 0.5) is 0 Å². The number of ketones is 1. The molecule has 164 valence electrons. The zero-order valence-corrected chi connectivity index (χ0v) is 17.9. The molecule has 8 heteroatoms. The number of carbonyl (C=O) groups excluding carboxylic acids is 2.